The molecule has 0 aromatic heterocycles. The third-order valence-electron chi connectivity index (χ3n) is 5.49. The zero-order chi connectivity index (χ0) is 20.8. The summed E-state index contributed by atoms with van der Waals surface area (Å²) >= 11 is 0. The van der Waals surface area contributed by atoms with Crippen LogP contribution in [0.4, 0.5) is 16.2 Å². The lowest BCUT2D eigenvalue weighted by atomic mass is 9.96. The molecule has 3 amide bonds. The number of para-hydroxylation sites is 3. The third-order valence-corrected chi connectivity index (χ3v) is 5.49. The first-order valence-electron chi connectivity index (χ1n) is 10.1. The molecule has 154 valence electrons. The van der Waals surface area contributed by atoms with E-state index in [1.165, 1.54) is 0 Å². The van der Waals surface area contributed by atoms with Gasteiger partial charge in [-0.3, -0.25) is 4.79 Å². The number of anilines is 2. The average Bonchev–Trinajstić information content (AvgIpc) is 2.75. The van der Waals surface area contributed by atoms with Gasteiger partial charge in [-0.15, -0.1) is 0 Å². The van der Waals surface area contributed by atoms with Gasteiger partial charge < -0.3 is 20.3 Å². The van der Waals surface area contributed by atoms with Gasteiger partial charge in [0.05, 0.1) is 12.8 Å². The number of benzene rings is 2. The molecule has 0 bridgehead atoms. The molecule has 3 rings (SSSR count). The van der Waals surface area contributed by atoms with Gasteiger partial charge >= 0.3 is 6.03 Å². The number of hydrogen-bond acceptors (Lipinski definition) is 3. The van der Waals surface area contributed by atoms with Gasteiger partial charge in [0.2, 0.25) is 5.91 Å². The van der Waals surface area contributed by atoms with Crippen LogP contribution in [0.2, 0.25) is 0 Å². The van der Waals surface area contributed by atoms with Gasteiger partial charge in [-0.25, -0.2) is 4.79 Å². The van der Waals surface area contributed by atoms with E-state index in [9.17, 15) is 9.59 Å². The Morgan fingerprint density at radius 1 is 1.07 bits per heavy atom. The van der Waals surface area contributed by atoms with E-state index in [0.29, 0.717) is 37.4 Å². The zero-order valence-corrected chi connectivity index (χ0v) is 17.3. The smallest absolute Gasteiger partial charge is 0.321 e. The minimum atomic E-state index is -0.117. The molecule has 6 heteroatoms. The molecule has 1 heterocycles. The van der Waals surface area contributed by atoms with E-state index in [4.69, 9.17) is 4.74 Å². The van der Waals surface area contributed by atoms with Crippen LogP contribution in [-0.2, 0) is 11.2 Å². The van der Waals surface area contributed by atoms with Crippen molar-refractivity contribution in [2.75, 3.05) is 30.8 Å². The van der Waals surface area contributed by atoms with E-state index < -0.39 is 0 Å². The van der Waals surface area contributed by atoms with Gasteiger partial charge in [0.15, 0.2) is 0 Å². The average molecular weight is 396 g/mol. The second kappa shape index (κ2) is 9.45. The van der Waals surface area contributed by atoms with Crippen molar-refractivity contribution in [1.82, 2.24) is 4.90 Å². The fourth-order valence-electron chi connectivity index (χ4n) is 3.72. The molecule has 0 radical (unpaired) electrons. The fraction of sp³-hybridized carbons (Fsp3) is 0.391. The Kier molecular flexibility index (Phi) is 6.75. The van der Waals surface area contributed by atoms with Crippen LogP contribution in [-0.4, -0.2) is 37.0 Å². The summed E-state index contributed by atoms with van der Waals surface area (Å²) in [5.74, 6) is 0.498. The van der Waals surface area contributed by atoms with Crippen molar-refractivity contribution in [3.05, 3.63) is 53.6 Å². The molecular weight excluding hydrogens is 366 g/mol. The zero-order valence-electron chi connectivity index (χ0n) is 17.3. The van der Waals surface area contributed by atoms with Crippen LogP contribution in [0.25, 0.3) is 0 Å². The number of likely N-dealkylation sites (tertiary alicyclic amines) is 1. The minimum absolute atomic E-state index is 0.0262. The lowest BCUT2D eigenvalue weighted by Gasteiger charge is -2.32. The summed E-state index contributed by atoms with van der Waals surface area (Å²) in [6.45, 7) is 5.20. The van der Waals surface area contributed by atoms with Crippen LogP contribution in [0, 0.1) is 12.8 Å². The quantitative estimate of drug-likeness (QED) is 0.786. The summed E-state index contributed by atoms with van der Waals surface area (Å²) in [6.07, 6.45) is 2.15. The number of amides is 3. The molecule has 29 heavy (non-hydrogen) atoms. The summed E-state index contributed by atoms with van der Waals surface area (Å²) in [4.78, 5) is 27.2. The van der Waals surface area contributed by atoms with E-state index in [1.54, 1.807) is 12.0 Å². The van der Waals surface area contributed by atoms with Crippen LogP contribution in [0.1, 0.15) is 30.9 Å². The molecule has 6 nitrogen and oxygen atoms in total. The summed E-state index contributed by atoms with van der Waals surface area (Å²) in [6, 6.07) is 13.3. The van der Waals surface area contributed by atoms with Crippen LogP contribution in [0.5, 0.6) is 5.75 Å². The van der Waals surface area contributed by atoms with Crippen molar-refractivity contribution in [3.8, 4) is 5.75 Å². The number of rotatable bonds is 5. The Labute approximate surface area is 172 Å². The van der Waals surface area contributed by atoms with Crippen molar-refractivity contribution in [1.29, 1.82) is 0 Å². The van der Waals surface area contributed by atoms with Crippen molar-refractivity contribution in [2.45, 2.75) is 33.1 Å². The number of piperidine rings is 1. The summed E-state index contributed by atoms with van der Waals surface area (Å²) in [5, 5.41) is 6.02. The number of nitrogens with one attached hydrogen (secondary N) is 2. The Hall–Kier alpha value is -3.02. The Morgan fingerprint density at radius 3 is 2.48 bits per heavy atom. The van der Waals surface area contributed by atoms with Gasteiger partial charge in [-0.1, -0.05) is 37.3 Å². The number of carbonyl (C=O) groups excluding carboxylic acids is 2. The first-order valence-corrected chi connectivity index (χ1v) is 10.1. The van der Waals surface area contributed by atoms with Crippen LogP contribution in [0.15, 0.2) is 42.5 Å². The molecule has 1 aliphatic heterocycles. The lowest BCUT2D eigenvalue weighted by Crippen LogP contribution is -2.43. The van der Waals surface area contributed by atoms with Crippen molar-refractivity contribution in [3.63, 3.8) is 0 Å². The maximum atomic E-state index is 12.7. The van der Waals surface area contributed by atoms with E-state index in [1.807, 2.05) is 49.4 Å². The highest BCUT2D eigenvalue weighted by molar-refractivity contribution is 5.94. The monoisotopic (exact) mass is 395 g/mol. The van der Waals surface area contributed by atoms with E-state index in [0.717, 1.165) is 23.2 Å². The second-order valence-electron chi connectivity index (χ2n) is 7.34. The topological polar surface area (TPSA) is 70.7 Å². The Morgan fingerprint density at radius 2 is 1.79 bits per heavy atom. The molecule has 2 N–H and O–H groups in total. The summed E-state index contributed by atoms with van der Waals surface area (Å²) in [7, 11) is 1.58. The number of ether oxygens (including phenoxy) is 1. The number of aryl methyl sites for hydroxylation is 2. The molecule has 2 aromatic carbocycles. The molecule has 0 unspecified atom stereocenters. The van der Waals surface area contributed by atoms with E-state index in [2.05, 4.69) is 17.6 Å². The van der Waals surface area contributed by atoms with Crippen LogP contribution >= 0.6 is 0 Å². The largest absolute Gasteiger partial charge is 0.495 e. The van der Waals surface area contributed by atoms with Gasteiger partial charge in [0.25, 0.3) is 0 Å². The Bertz CT molecular complexity index is 873. The minimum Gasteiger partial charge on any atom is -0.495 e. The normalized spacial score (nSPS) is 14.4. The number of urea groups is 1. The molecule has 1 aliphatic rings. The molecule has 1 fully saturated rings. The Balaban J connectivity index is 1.56. The number of carbonyl (C=O) groups is 2. The lowest BCUT2D eigenvalue weighted by molar-refractivity contribution is -0.121. The maximum absolute atomic E-state index is 12.7. The van der Waals surface area contributed by atoms with Gasteiger partial charge in [-0.2, -0.15) is 0 Å². The summed E-state index contributed by atoms with van der Waals surface area (Å²) in [5.41, 5.74) is 3.76. The highest BCUT2D eigenvalue weighted by Crippen LogP contribution is 2.26. The number of hydrogen-bond donors (Lipinski definition) is 2. The molecule has 2 aromatic rings. The standard InChI is InChI=1S/C23H29N3O3/c1-4-17-9-7-8-16(2)21(17)25-23(28)26-14-12-18(13-15-26)22(27)24-19-10-5-6-11-20(19)29-3/h5-11,18H,4,12-15H2,1-3H3,(H,24,27)(H,25,28). The second-order valence-corrected chi connectivity index (χ2v) is 7.34. The highest BCUT2D eigenvalue weighted by atomic mass is 16.5. The maximum Gasteiger partial charge on any atom is 0.321 e. The number of methoxy groups -OCH3 is 1. The van der Waals surface area contributed by atoms with E-state index >= 15 is 0 Å². The van der Waals surface area contributed by atoms with Gasteiger partial charge in [0.1, 0.15) is 5.75 Å². The van der Waals surface area contributed by atoms with Gasteiger partial charge in [-0.05, 0) is 49.4 Å². The van der Waals surface area contributed by atoms with Crippen molar-refractivity contribution >= 4 is 23.3 Å². The third kappa shape index (κ3) is 4.88. The number of nitrogens with zero attached hydrogens (tertiary/aromatic N) is 1. The molecule has 1 saturated heterocycles. The molecular formula is C23H29N3O3. The highest BCUT2D eigenvalue weighted by Gasteiger charge is 2.28. The predicted octanol–water partition coefficient (Wildman–Crippen LogP) is 4.45. The van der Waals surface area contributed by atoms with E-state index in [-0.39, 0.29) is 17.9 Å². The summed E-state index contributed by atoms with van der Waals surface area (Å²) < 4.78 is 5.29. The molecule has 0 spiro atoms. The van der Waals surface area contributed by atoms with Crippen LogP contribution in [0.3, 0.4) is 0 Å². The molecule has 0 aliphatic carbocycles. The fourth-order valence-corrected chi connectivity index (χ4v) is 3.72. The van der Waals surface area contributed by atoms with Crippen molar-refractivity contribution < 1.29 is 14.3 Å². The van der Waals surface area contributed by atoms with Crippen LogP contribution < -0.4 is 15.4 Å². The molecule has 0 saturated carbocycles. The van der Waals surface area contributed by atoms with Crippen molar-refractivity contribution in [2.24, 2.45) is 5.92 Å². The SMILES string of the molecule is CCc1cccc(C)c1NC(=O)N1CCC(C(=O)Nc2ccccc2OC)CC1. The molecule has 0 atom stereocenters. The van der Waals surface area contributed by atoms with Gasteiger partial charge in [0, 0.05) is 24.7 Å². The first-order chi connectivity index (χ1) is 14.0. The predicted molar refractivity (Wildman–Crippen MR) is 115 cm³/mol. The first kappa shape index (κ1) is 20.7.